The van der Waals surface area contributed by atoms with Crippen LogP contribution in [-0.2, 0) is 22.5 Å². The van der Waals surface area contributed by atoms with Crippen LogP contribution in [0.15, 0.2) is 53.0 Å². The van der Waals surface area contributed by atoms with Crippen molar-refractivity contribution in [1.82, 2.24) is 14.9 Å². The summed E-state index contributed by atoms with van der Waals surface area (Å²) in [5, 5.41) is 2.86. The number of carbonyl (C=O) groups is 1. The smallest absolute Gasteiger partial charge is 0.245 e. The highest BCUT2D eigenvalue weighted by atomic mass is 79.9. The number of ether oxygens (including phenoxy) is 1. The lowest BCUT2D eigenvalue weighted by Crippen LogP contribution is -2.27. The lowest BCUT2D eigenvalue weighted by molar-refractivity contribution is -0.124. The molecule has 0 saturated heterocycles. The van der Waals surface area contributed by atoms with Gasteiger partial charge in [-0.25, -0.2) is 4.98 Å². The SMILES string of the molecule is COCC(=O)NCCCCCc1nc2ccccc2n1Cc1ccc(Br)cc1. The molecular formula is C22H26BrN3O2. The molecule has 0 spiro atoms. The second-order valence-corrected chi connectivity index (χ2v) is 7.74. The molecule has 0 aliphatic heterocycles. The van der Waals surface area contributed by atoms with Gasteiger partial charge in [0.15, 0.2) is 0 Å². The van der Waals surface area contributed by atoms with Crippen LogP contribution in [0.1, 0.15) is 30.7 Å². The number of imidazole rings is 1. The van der Waals surface area contributed by atoms with Gasteiger partial charge in [-0.3, -0.25) is 4.79 Å². The number of unbranched alkanes of at least 4 members (excludes halogenated alkanes) is 2. The van der Waals surface area contributed by atoms with E-state index in [1.54, 1.807) is 0 Å². The van der Waals surface area contributed by atoms with Crippen molar-refractivity contribution in [3.05, 3.63) is 64.4 Å². The van der Waals surface area contributed by atoms with E-state index in [-0.39, 0.29) is 12.5 Å². The number of hydrogen-bond acceptors (Lipinski definition) is 3. The fourth-order valence-electron chi connectivity index (χ4n) is 3.26. The van der Waals surface area contributed by atoms with Crippen molar-refractivity contribution in [1.29, 1.82) is 0 Å². The van der Waals surface area contributed by atoms with Gasteiger partial charge in [0.1, 0.15) is 12.4 Å². The summed E-state index contributed by atoms with van der Waals surface area (Å²) >= 11 is 3.50. The summed E-state index contributed by atoms with van der Waals surface area (Å²) in [6.45, 7) is 1.63. The van der Waals surface area contributed by atoms with Gasteiger partial charge in [0.2, 0.25) is 5.91 Å². The molecular weight excluding hydrogens is 418 g/mol. The number of carbonyl (C=O) groups excluding carboxylic acids is 1. The Bertz CT molecular complexity index is 906. The first-order chi connectivity index (χ1) is 13.7. The summed E-state index contributed by atoms with van der Waals surface area (Å²) in [4.78, 5) is 16.2. The number of halogens is 1. The molecule has 0 aliphatic rings. The molecule has 1 aromatic heterocycles. The molecule has 1 N–H and O–H groups in total. The predicted molar refractivity (Wildman–Crippen MR) is 115 cm³/mol. The fourth-order valence-corrected chi connectivity index (χ4v) is 3.52. The zero-order valence-corrected chi connectivity index (χ0v) is 17.7. The molecule has 148 valence electrons. The maximum Gasteiger partial charge on any atom is 0.245 e. The minimum absolute atomic E-state index is 0.0567. The van der Waals surface area contributed by atoms with Crippen LogP contribution in [0.4, 0.5) is 0 Å². The Balaban J connectivity index is 1.61. The zero-order chi connectivity index (χ0) is 19.8. The molecule has 3 aromatic rings. The predicted octanol–water partition coefficient (Wildman–Crippen LogP) is 4.32. The van der Waals surface area contributed by atoms with Crippen molar-refractivity contribution in [3.8, 4) is 0 Å². The van der Waals surface area contributed by atoms with E-state index in [0.29, 0.717) is 6.54 Å². The third kappa shape index (κ3) is 5.66. The van der Waals surface area contributed by atoms with Crippen LogP contribution in [0.5, 0.6) is 0 Å². The standard InChI is InChI=1S/C22H26BrN3O2/c1-28-16-22(27)24-14-6-2-3-9-21-25-19-7-4-5-8-20(19)26(21)15-17-10-12-18(23)13-11-17/h4-5,7-8,10-13H,2-3,6,9,14-16H2,1H3,(H,24,27). The second-order valence-electron chi connectivity index (χ2n) is 6.82. The fraction of sp³-hybridized carbons (Fsp3) is 0.364. The van der Waals surface area contributed by atoms with E-state index in [2.05, 4.69) is 68.3 Å². The number of nitrogens with one attached hydrogen (secondary N) is 1. The first kappa shape index (κ1) is 20.6. The summed E-state index contributed by atoms with van der Waals surface area (Å²) < 4.78 is 8.22. The summed E-state index contributed by atoms with van der Waals surface area (Å²) in [7, 11) is 1.53. The highest BCUT2D eigenvalue weighted by molar-refractivity contribution is 9.10. The first-order valence-electron chi connectivity index (χ1n) is 9.61. The second kappa shape index (κ2) is 10.4. The number of aryl methyl sites for hydroxylation is 1. The summed E-state index contributed by atoms with van der Waals surface area (Å²) in [6, 6.07) is 16.7. The number of para-hydroxylation sites is 2. The van der Waals surface area contributed by atoms with E-state index >= 15 is 0 Å². The van der Waals surface area contributed by atoms with E-state index in [9.17, 15) is 4.79 Å². The van der Waals surface area contributed by atoms with E-state index in [0.717, 1.165) is 48.0 Å². The van der Waals surface area contributed by atoms with Crippen molar-refractivity contribution in [2.75, 3.05) is 20.3 Å². The maximum atomic E-state index is 11.4. The first-order valence-corrected chi connectivity index (χ1v) is 10.4. The maximum absolute atomic E-state index is 11.4. The molecule has 5 nitrogen and oxygen atoms in total. The molecule has 0 radical (unpaired) electrons. The van der Waals surface area contributed by atoms with Crippen LogP contribution in [0, 0.1) is 0 Å². The van der Waals surface area contributed by atoms with E-state index in [4.69, 9.17) is 9.72 Å². The van der Waals surface area contributed by atoms with Gasteiger partial charge in [-0.1, -0.05) is 46.6 Å². The Hall–Kier alpha value is -2.18. The lowest BCUT2D eigenvalue weighted by Gasteiger charge is -2.10. The van der Waals surface area contributed by atoms with Crippen LogP contribution >= 0.6 is 15.9 Å². The third-order valence-electron chi connectivity index (χ3n) is 4.66. The Morgan fingerprint density at radius 2 is 1.89 bits per heavy atom. The largest absolute Gasteiger partial charge is 0.375 e. The van der Waals surface area contributed by atoms with Crippen LogP contribution in [0.2, 0.25) is 0 Å². The Morgan fingerprint density at radius 1 is 1.11 bits per heavy atom. The Morgan fingerprint density at radius 3 is 2.68 bits per heavy atom. The molecule has 1 amide bonds. The van der Waals surface area contributed by atoms with Gasteiger partial charge in [0, 0.05) is 31.1 Å². The molecule has 0 fully saturated rings. The summed E-state index contributed by atoms with van der Waals surface area (Å²) in [5.74, 6) is 1.06. The van der Waals surface area contributed by atoms with E-state index in [1.807, 2.05) is 6.07 Å². The highest BCUT2D eigenvalue weighted by Gasteiger charge is 2.11. The molecule has 3 rings (SSSR count). The van der Waals surface area contributed by atoms with Gasteiger partial charge in [-0.15, -0.1) is 0 Å². The number of rotatable bonds is 10. The molecule has 0 atom stereocenters. The van der Waals surface area contributed by atoms with Crippen molar-refractivity contribution < 1.29 is 9.53 Å². The number of benzene rings is 2. The monoisotopic (exact) mass is 443 g/mol. The van der Waals surface area contributed by atoms with Gasteiger partial charge < -0.3 is 14.6 Å². The van der Waals surface area contributed by atoms with Crippen molar-refractivity contribution >= 4 is 32.9 Å². The van der Waals surface area contributed by atoms with Crippen molar-refractivity contribution in [2.24, 2.45) is 0 Å². The molecule has 1 heterocycles. The van der Waals surface area contributed by atoms with Crippen LogP contribution < -0.4 is 5.32 Å². The Kier molecular flexibility index (Phi) is 7.62. The van der Waals surface area contributed by atoms with Gasteiger partial charge in [0.25, 0.3) is 0 Å². The van der Waals surface area contributed by atoms with Crippen LogP contribution in [0.25, 0.3) is 11.0 Å². The van der Waals surface area contributed by atoms with Crippen molar-refractivity contribution in [2.45, 2.75) is 32.2 Å². The third-order valence-corrected chi connectivity index (χ3v) is 5.19. The number of fused-ring (bicyclic) bond motifs is 1. The number of hydrogen-bond donors (Lipinski definition) is 1. The van der Waals surface area contributed by atoms with Gasteiger partial charge in [-0.2, -0.15) is 0 Å². The molecule has 0 unspecified atom stereocenters. The minimum atomic E-state index is -0.0567. The number of amides is 1. The molecule has 0 saturated carbocycles. The molecule has 28 heavy (non-hydrogen) atoms. The van der Waals surface area contributed by atoms with Gasteiger partial charge >= 0.3 is 0 Å². The molecule has 2 aromatic carbocycles. The number of methoxy groups -OCH3 is 1. The minimum Gasteiger partial charge on any atom is -0.375 e. The van der Waals surface area contributed by atoms with Gasteiger partial charge in [-0.05, 0) is 42.7 Å². The number of nitrogens with zero attached hydrogens (tertiary/aromatic N) is 2. The quantitative estimate of drug-likeness (QED) is 0.474. The Labute approximate surface area is 174 Å². The molecule has 6 heteroatoms. The van der Waals surface area contributed by atoms with Crippen LogP contribution in [-0.4, -0.2) is 35.7 Å². The zero-order valence-electron chi connectivity index (χ0n) is 16.2. The lowest BCUT2D eigenvalue weighted by atomic mass is 10.1. The molecule has 0 aliphatic carbocycles. The number of aromatic nitrogens is 2. The van der Waals surface area contributed by atoms with Crippen LogP contribution in [0.3, 0.4) is 0 Å². The van der Waals surface area contributed by atoms with Gasteiger partial charge in [0.05, 0.1) is 11.0 Å². The highest BCUT2D eigenvalue weighted by Crippen LogP contribution is 2.20. The summed E-state index contributed by atoms with van der Waals surface area (Å²) in [5.41, 5.74) is 3.47. The van der Waals surface area contributed by atoms with E-state index < -0.39 is 0 Å². The topological polar surface area (TPSA) is 56.1 Å². The summed E-state index contributed by atoms with van der Waals surface area (Å²) in [6.07, 6.45) is 3.98. The van der Waals surface area contributed by atoms with Crippen molar-refractivity contribution in [3.63, 3.8) is 0 Å². The normalized spacial score (nSPS) is 11.1. The van der Waals surface area contributed by atoms with E-state index in [1.165, 1.54) is 18.2 Å². The average Bonchev–Trinajstić information content (AvgIpc) is 3.04. The average molecular weight is 444 g/mol. The molecule has 0 bridgehead atoms.